The molecule has 0 bridgehead atoms. The van der Waals surface area contributed by atoms with Crippen molar-refractivity contribution in [1.29, 1.82) is 0 Å². The van der Waals surface area contributed by atoms with E-state index in [-0.39, 0.29) is 30.9 Å². The predicted octanol–water partition coefficient (Wildman–Crippen LogP) is 0.701. The highest BCUT2D eigenvalue weighted by Gasteiger charge is 2.30. The molecule has 1 atom stereocenters. The number of likely N-dealkylation sites (N-methyl/N-ethyl adjacent to an activating group) is 1. The van der Waals surface area contributed by atoms with E-state index in [1.165, 1.54) is 0 Å². The molecule has 0 aliphatic carbocycles. The third-order valence-corrected chi connectivity index (χ3v) is 3.62. The van der Waals surface area contributed by atoms with Gasteiger partial charge in [0.1, 0.15) is 0 Å². The molecule has 110 valence electrons. The Bertz CT molecular complexity index is 318. The zero-order valence-electron chi connectivity index (χ0n) is 12.6. The van der Waals surface area contributed by atoms with Gasteiger partial charge in [0.05, 0.1) is 13.1 Å². The summed E-state index contributed by atoms with van der Waals surface area (Å²) >= 11 is 0. The summed E-state index contributed by atoms with van der Waals surface area (Å²) in [6.07, 6.45) is 1.07. The Morgan fingerprint density at radius 3 is 2.21 bits per heavy atom. The Morgan fingerprint density at radius 2 is 1.68 bits per heavy atom. The largest absolute Gasteiger partial charge is 0.332 e. The van der Waals surface area contributed by atoms with Crippen molar-refractivity contribution in [2.75, 3.05) is 32.7 Å². The molecule has 0 aromatic carbocycles. The highest BCUT2D eigenvalue weighted by Crippen LogP contribution is 2.09. The van der Waals surface area contributed by atoms with Gasteiger partial charge in [-0.15, -0.1) is 0 Å². The van der Waals surface area contributed by atoms with E-state index in [1.807, 2.05) is 6.92 Å². The van der Waals surface area contributed by atoms with Gasteiger partial charge in [-0.1, -0.05) is 20.8 Å². The third kappa shape index (κ3) is 4.49. The molecule has 5 heteroatoms. The highest BCUT2D eigenvalue weighted by molar-refractivity contribution is 5.92. The summed E-state index contributed by atoms with van der Waals surface area (Å²) in [5.74, 6) is 0.559. The SMILES string of the molecule is CCCNC(CN1CC(=O)N(CC)CC1=O)C(C)C. The molecule has 0 radical (unpaired) electrons. The van der Waals surface area contributed by atoms with Crippen molar-refractivity contribution in [2.24, 2.45) is 5.92 Å². The number of nitrogens with one attached hydrogen (secondary N) is 1. The summed E-state index contributed by atoms with van der Waals surface area (Å²) in [6, 6.07) is 0.255. The lowest BCUT2D eigenvalue weighted by Crippen LogP contribution is -2.57. The van der Waals surface area contributed by atoms with Crippen molar-refractivity contribution in [3.8, 4) is 0 Å². The van der Waals surface area contributed by atoms with Crippen LogP contribution in [-0.2, 0) is 9.59 Å². The first-order valence-corrected chi connectivity index (χ1v) is 7.28. The van der Waals surface area contributed by atoms with Crippen LogP contribution in [0.3, 0.4) is 0 Å². The molecule has 19 heavy (non-hydrogen) atoms. The van der Waals surface area contributed by atoms with Crippen LogP contribution in [0.25, 0.3) is 0 Å². The number of nitrogens with zero attached hydrogens (tertiary/aromatic N) is 2. The van der Waals surface area contributed by atoms with Gasteiger partial charge in [0.25, 0.3) is 0 Å². The first kappa shape index (κ1) is 16.0. The van der Waals surface area contributed by atoms with Crippen LogP contribution in [-0.4, -0.2) is 60.4 Å². The summed E-state index contributed by atoms with van der Waals surface area (Å²) in [4.78, 5) is 27.2. The summed E-state index contributed by atoms with van der Waals surface area (Å²) in [7, 11) is 0. The molecule has 2 amide bonds. The number of carbonyl (C=O) groups excluding carboxylic acids is 2. The maximum absolute atomic E-state index is 12.0. The Labute approximate surface area is 116 Å². The second-order valence-corrected chi connectivity index (χ2v) is 5.49. The van der Waals surface area contributed by atoms with Crippen LogP contribution in [0.2, 0.25) is 0 Å². The molecule has 0 aromatic heterocycles. The van der Waals surface area contributed by atoms with E-state index >= 15 is 0 Å². The maximum Gasteiger partial charge on any atom is 0.242 e. The first-order valence-electron chi connectivity index (χ1n) is 7.28. The van der Waals surface area contributed by atoms with Crippen molar-refractivity contribution in [3.63, 3.8) is 0 Å². The van der Waals surface area contributed by atoms with E-state index in [4.69, 9.17) is 0 Å². The van der Waals surface area contributed by atoms with Crippen LogP contribution < -0.4 is 5.32 Å². The molecule has 1 N–H and O–H groups in total. The Kier molecular flexibility index (Phi) is 6.28. The van der Waals surface area contributed by atoms with Crippen LogP contribution in [0.5, 0.6) is 0 Å². The molecule has 0 spiro atoms. The topological polar surface area (TPSA) is 52.7 Å². The molecule has 1 rings (SSSR count). The molecule has 1 aliphatic rings. The van der Waals surface area contributed by atoms with Crippen LogP contribution >= 0.6 is 0 Å². The van der Waals surface area contributed by atoms with E-state index < -0.39 is 0 Å². The Morgan fingerprint density at radius 1 is 1.11 bits per heavy atom. The van der Waals surface area contributed by atoms with Crippen molar-refractivity contribution in [3.05, 3.63) is 0 Å². The minimum Gasteiger partial charge on any atom is -0.332 e. The number of hydrogen-bond donors (Lipinski definition) is 1. The van der Waals surface area contributed by atoms with E-state index in [9.17, 15) is 9.59 Å². The summed E-state index contributed by atoms with van der Waals surface area (Å²) in [5.41, 5.74) is 0. The van der Waals surface area contributed by atoms with Gasteiger partial charge in [-0.25, -0.2) is 0 Å². The first-order chi connectivity index (χ1) is 8.99. The second kappa shape index (κ2) is 7.48. The number of carbonyl (C=O) groups is 2. The minimum absolute atomic E-state index is 0.0556. The van der Waals surface area contributed by atoms with Crippen molar-refractivity contribution < 1.29 is 9.59 Å². The fraction of sp³-hybridized carbons (Fsp3) is 0.857. The van der Waals surface area contributed by atoms with Gasteiger partial charge in [-0.3, -0.25) is 9.59 Å². The van der Waals surface area contributed by atoms with Gasteiger partial charge in [-0.2, -0.15) is 0 Å². The maximum atomic E-state index is 12.0. The zero-order chi connectivity index (χ0) is 14.4. The van der Waals surface area contributed by atoms with E-state index in [2.05, 4.69) is 26.1 Å². The lowest BCUT2D eigenvalue weighted by atomic mass is 10.0. The average molecular weight is 269 g/mol. The van der Waals surface area contributed by atoms with Crippen LogP contribution in [0.4, 0.5) is 0 Å². The molecule has 5 nitrogen and oxygen atoms in total. The van der Waals surface area contributed by atoms with Gasteiger partial charge in [0.2, 0.25) is 11.8 Å². The Balaban J connectivity index is 2.59. The fourth-order valence-corrected chi connectivity index (χ4v) is 2.24. The quantitative estimate of drug-likeness (QED) is 0.740. The second-order valence-electron chi connectivity index (χ2n) is 5.49. The lowest BCUT2D eigenvalue weighted by Gasteiger charge is -2.36. The third-order valence-electron chi connectivity index (χ3n) is 3.62. The number of rotatable bonds is 7. The molecule has 1 aliphatic heterocycles. The fourth-order valence-electron chi connectivity index (χ4n) is 2.24. The van der Waals surface area contributed by atoms with Crippen molar-refractivity contribution in [1.82, 2.24) is 15.1 Å². The van der Waals surface area contributed by atoms with Gasteiger partial charge in [-0.05, 0) is 25.8 Å². The van der Waals surface area contributed by atoms with Gasteiger partial charge in [0, 0.05) is 19.1 Å². The molecular weight excluding hydrogens is 242 g/mol. The molecule has 0 saturated carbocycles. The average Bonchev–Trinajstić information content (AvgIpc) is 2.37. The summed E-state index contributed by atoms with van der Waals surface area (Å²) < 4.78 is 0. The molecule has 0 aromatic rings. The van der Waals surface area contributed by atoms with Crippen LogP contribution in [0, 0.1) is 5.92 Å². The predicted molar refractivity (Wildman–Crippen MR) is 75.8 cm³/mol. The summed E-state index contributed by atoms with van der Waals surface area (Å²) in [5, 5.41) is 3.46. The zero-order valence-corrected chi connectivity index (χ0v) is 12.6. The number of amides is 2. The van der Waals surface area contributed by atoms with Crippen LogP contribution in [0.15, 0.2) is 0 Å². The smallest absolute Gasteiger partial charge is 0.242 e. The highest BCUT2D eigenvalue weighted by atomic mass is 16.2. The van der Waals surface area contributed by atoms with Gasteiger partial charge < -0.3 is 15.1 Å². The van der Waals surface area contributed by atoms with E-state index in [1.54, 1.807) is 9.80 Å². The molecule has 1 unspecified atom stereocenters. The monoisotopic (exact) mass is 269 g/mol. The standard InChI is InChI=1S/C14H27N3O2/c1-5-7-15-12(11(3)4)8-17-10-13(18)16(6-2)9-14(17)19/h11-12,15H,5-10H2,1-4H3. The van der Waals surface area contributed by atoms with Gasteiger partial charge in [0.15, 0.2) is 0 Å². The van der Waals surface area contributed by atoms with E-state index in [0.29, 0.717) is 19.0 Å². The normalized spacial score (nSPS) is 18.4. The summed E-state index contributed by atoms with van der Waals surface area (Å²) in [6.45, 7) is 10.9. The Hall–Kier alpha value is -1.10. The molecule has 1 saturated heterocycles. The van der Waals surface area contributed by atoms with E-state index in [0.717, 1.165) is 13.0 Å². The molecular formula is C14H27N3O2. The van der Waals surface area contributed by atoms with Crippen molar-refractivity contribution in [2.45, 2.75) is 40.2 Å². The van der Waals surface area contributed by atoms with Crippen molar-refractivity contribution >= 4 is 11.8 Å². The van der Waals surface area contributed by atoms with Crippen LogP contribution in [0.1, 0.15) is 34.1 Å². The minimum atomic E-state index is 0.0556. The molecule has 1 heterocycles. The number of hydrogen-bond acceptors (Lipinski definition) is 3. The number of piperazine rings is 1. The molecule has 1 fully saturated rings. The van der Waals surface area contributed by atoms with Gasteiger partial charge >= 0.3 is 0 Å². The lowest BCUT2D eigenvalue weighted by molar-refractivity contribution is -0.150.